The zero-order chi connectivity index (χ0) is 19.1. The highest BCUT2D eigenvalue weighted by Gasteiger charge is 2.60. The Bertz CT molecular complexity index is 754. The number of methoxy groups -OCH3 is 1. The summed E-state index contributed by atoms with van der Waals surface area (Å²) in [6.07, 6.45) is 6.04. The molecule has 4 aliphatic rings. The van der Waals surface area contributed by atoms with E-state index in [0.29, 0.717) is 24.5 Å². The van der Waals surface area contributed by atoms with E-state index in [0.717, 1.165) is 32.1 Å². The molecule has 27 heavy (non-hydrogen) atoms. The molecule has 0 saturated heterocycles. The largest absolute Gasteiger partial charge is 0.385 e. The topological polar surface area (TPSA) is 92.4 Å². The first-order chi connectivity index (χ1) is 13.0. The lowest BCUT2D eigenvalue weighted by molar-refractivity contribution is -0.139. The molecular formula is C20H28N4O3. The van der Waals surface area contributed by atoms with Crippen LogP contribution in [0, 0.1) is 17.3 Å². The minimum atomic E-state index is -0.502. The predicted molar refractivity (Wildman–Crippen MR) is 101 cm³/mol. The molecule has 4 unspecified atom stereocenters. The van der Waals surface area contributed by atoms with E-state index in [1.54, 1.807) is 25.4 Å². The number of nitrogens with zero attached hydrogens (tertiary/aromatic N) is 1. The van der Waals surface area contributed by atoms with Crippen molar-refractivity contribution in [3.05, 3.63) is 23.9 Å². The number of ether oxygens (including phenoxy) is 1. The van der Waals surface area contributed by atoms with Crippen LogP contribution >= 0.6 is 0 Å². The van der Waals surface area contributed by atoms with Crippen molar-refractivity contribution >= 4 is 17.6 Å². The number of rotatable bonds is 5. The molecule has 0 aromatic carbocycles. The first kappa shape index (κ1) is 18.2. The zero-order valence-corrected chi connectivity index (χ0v) is 16.0. The van der Waals surface area contributed by atoms with E-state index in [4.69, 9.17) is 4.74 Å². The Morgan fingerprint density at radius 1 is 1.44 bits per heavy atom. The Labute approximate surface area is 159 Å². The molecule has 3 saturated carbocycles. The highest BCUT2D eigenvalue weighted by Crippen LogP contribution is 2.58. The zero-order valence-electron chi connectivity index (χ0n) is 16.0. The summed E-state index contributed by atoms with van der Waals surface area (Å²) in [6, 6.07) is 3.56. The second-order valence-corrected chi connectivity index (χ2v) is 8.44. The Morgan fingerprint density at radius 2 is 2.30 bits per heavy atom. The standard InChI is InChI=1S/C20H28N4O3/c1-19-7-6-13(11-15(19)18(26)22-9-4-10-27-2)20(12-19)23-16-14(17(25)24-20)5-3-8-21-16/h3,5,8,13,15H,4,6-7,9-12H2,1-2H3,(H,21,23)(H,22,26)(H,24,25). The van der Waals surface area contributed by atoms with Crippen molar-refractivity contribution < 1.29 is 14.3 Å². The van der Waals surface area contributed by atoms with Crippen molar-refractivity contribution in [2.45, 2.75) is 44.7 Å². The van der Waals surface area contributed by atoms with Crippen LogP contribution in [0.3, 0.4) is 0 Å². The van der Waals surface area contributed by atoms with Gasteiger partial charge in [0.1, 0.15) is 11.5 Å². The van der Waals surface area contributed by atoms with E-state index in [-0.39, 0.29) is 29.1 Å². The molecule has 5 rings (SSSR count). The normalized spacial score (nSPS) is 33.9. The van der Waals surface area contributed by atoms with Gasteiger partial charge in [-0.05, 0) is 49.7 Å². The summed E-state index contributed by atoms with van der Waals surface area (Å²) in [7, 11) is 1.67. The van der Waals surface area contributed by atoms with Gasteiger partial charge >= 0.3 is 0 Å². The van der Waals surface area contributed by atoms with Crippen molar-refractivity contribution in [1.82, 2.24) is 15.6 Å². The fourth-order valence-electron chi connectivity index (χ4n) is 5.27. The fourth-order valence-corrected chi connectivity index (χ4v) is 5.27. The molecule has 1 aromatic rings. The number of nitrogens with one attached hydrogen (secondary N) is 3. The van der Waals surface area contributed by atoms with Crippen molar-refractivity contribution in [2.24, 2.45) is 17.3 Å². The number of hydrogen-bond donors (Lipinski definition) is 3. The van der Waals surface area contributed by atoms with E-state index < -0.39 is 5.66 Å². The predicted octanol–water partition coefficient (Wildman–Crippen LogP) is 1.91. The van der Waals surface area contributed by atoms with Crippen LogP contribution in [-0.2, 0) is 9.53 Å². The van der Waals surface area contributed by atoms with E-state index in [1.165, 1.54) is 0 Å². The summed E-state index contributed by atoms with van der Waals surface area (Å²) in [6.45, 7) is 3.48. The van der Waals surface area contributed by atoms with Crippen molar-refractivity contribution in [3.8, 4) is 0 Å². The molecule has 1 spiro atoms. The number of carbonyl (C=O) groups is 2. The number of aromatic nitrogens is 1. The van der Waals surface area contributed by atoms with E-state index in [2.05, 4.69) is 27.9 Å². The third-order valence-electron chi connectivity index (χ3n) is 6.68. The minimum absolute atomic E-state index is 0.0201. The molecule has 3 N–H and O–H groups in total. The number of carbonyl (C=O) groups excluding carboxylic acids is 2. The van der Waals surface area contributed by atoms with E-state index in [9.17, 15) is 9.59 Å². The summed E-state index contributed by atoms with van der Waals surface area (Å²) in [5.41, 5.74) is -0.0626. The Morgan fingerprint density at radius 3 is 3.07 bits per heavy atom. The number of anilines is 1. The molecule has 146 valence electrons. The summed E-state index contributed by atoms with van der Waals surface area (Å²) < 4.78 is 5.05. The molecule has 1 aliphatic heterocycles. The molecule has 2 heterocycles. The third-order valence-corrected chi connectivity index (χ3v) is 6.68. The van der Waals surface area contributed by atoms with Gasteiger partial charge in [0, 0.05) is 38.3 Å². The first-order valence-electron chi connectivity index (χ1n) is 9.80. The second-order valence-electron chi connectivity index (χ2n) is 8.44. The molecule has 4 atom stereocenters. The minimum Gasteiger partial charge on any atom is -0.385 e. The summed E-state index contributed by atoms with van der Waals surface area (Å²) in [5, 5.41) is 9.83. The van der Waals surface area contributed by atoms with Gasteiger partial charge in [0.2, 0.25) is 5.91 Å². The van der Waals surface area contributed by atoms with Gasteiger partial charge < -0.3 is 20.7 Å². The van der Waals surface area contributed by atoms with Gasteiger partial charge in [0.05, 0.1) is 5.56 Å². The van der Waals surface area contributed by atoms with E-state index >= 15 is 0 Å². The van der Waals surface area contributed by atoms with Crippen molar-refractivity contribution in [3.63, 3.8) is 0 Å². The van der Waals surface area contributed by atoms with Crippen molar-refractivity contribution in [1.29, 1.82) is 0 Å². The quantitative estimate of drug-likeness (QED) is 0.687. The number of fused-ring (bicyclic) bond motifs is 3. The first-order valence-corrected chi connectivity index (χ1v) is 9.80. The van der Waals surface area contributed by atoms with Crippen LogP contribution in [0.25, 0.3) is 0 Å². The van der Waals surface area contributed by atoms with Gasteiger partial charge in [-0.15, -0.1) is 0 Å². The molecule has 0 radical (unpaired) electrons. The lowest BCUT2D eigenvalue weighted by Gasteiger charge is -2.60. The molecule has 2 amide bonds. The summed E-state index contributed by atoms with van der Waals surface area (Å²) in [5.74, 6) is 0.904. The van der Waals surface area contributed by atoms with Gasteiger partial charge in [-0.2, -0.15) is 0 Å². The molecule has 7 heteroatoms. The molecular weight excluding hydrogens is 344 g/mol. The maximum absolute atomic E-state index is 12.8. The third kappa shape index (κ3) is 3.08. The fraction of sp³-hybridized carbons (Fsp3) is 0.650. The molecule has 7 nitrogen and oxygen atoms in total. The van der Waals surface area contributed by atoms with Crippen LogP contribution in [0.2, 0.25) is 0 Å². The van der Waals surface area contributed by atoms with Crippen LogP contribution in [0.1, 0.15) is 49.4 Å². The average Bonchev–Trinajstić information content (AvgIpc) is 2.64. The molecule has 1 aromatic heterocycles. The van der Waals surface area contributed by atoms with Gasteiger partial charge in [0.15, 0.2) is 0 Å². The van der Waals surface area contributed by atoms with Gasteiger partial charge in [0.25, 0.3) is 5.91 Å². The van der Waals surface area contributed by atoms with E-state index in [1.807, 2.05) is 0 Å². The number of amides is 2. The summed E-state index contributed by atoms with van der Waals surface area (Å²) >= 11 is 0. The highest BCUT2D eigenvalue weighted by molar-refractivity contribution is 6.01. The monoisotopic (exact) mass is 372 g/mol. The Hall–Kier alpha value is -2.15. The van der Waals surface area contributed by atoms with Gasteiger partial charge in [-0.25, -0.2) is 4.98 Å². The maximum Gasteiger partial charge on any atom is 0.256 e. The van der Waals surface area contributed by atoms with Crippen LogP contribution in [-0.4, -0.2) is 42.7 Å². The van der Waals surface area contributed by atoms with Gasteiger partial charge in [-0.3, -0.25) is 9.59 Å². The van der Waals surface area contributed by atoms with Crippen LogP contribution in [0.15, 0.2) is 18.3 Å². The van der Waals surface area contributed by atoms with Crippen LogP contribution < -0.4 is 16.0 Å². The second kappa shape index (κ2) is 6.78. The molecule has 3 fully saturated rings. The van der Waals surface area contributed by atoms with Crippen LogP contribution in [0.5, 0.6) is 0 Å². The smallest absolute Gasteiger partial charge is 0.256 e. The maximum atomic E-state index is 12.8. The molecule has 3 aliphatic carbocycles. The van der Waals surface area contributed by atoms with Crippen molar-refractivity contribution in [2.75, 3.05) is 25.6 Å². The SMILES string of the molecule is COCCCNC(=O)C1CC2CCC1(C)CC21NC(=O)c2cccnc2N1. The number of hydrogen-bond acceptors (Lipinski definition) is 5. The van der Waals surface area contributed by atoms with Crippen LogP contribution in [0.4, 0.5) is 5.82 Å². The lowest BCUT2D eigenvalue weighted by Crippen LogP contribution is -2.70. The average molecular weight is 372 g/mol. The van der Waals surface area contributed by atoms with Gasteiger partial charge in [-0.1, -0.05) is 6.92 Å². The Balaban J connectivity index is 1.51. The lowest BCUT2D eigenvalue weighted by atomic mass is 9.51. The summed E-state index contributed by atoms with van der Waals surface area (Å²) in [4.78, 5) is 29.9. The highest BCUT2D eigenvalue weighted by atomic mass is 16.5. The Kier molecular flexibility index (Phi) is 4.58. The number of pyridine rings is 1. The molecule has 2 bridgehead atoms.